The molecule has 1 saturated heterocycles. The van der Waals surface area contributed by atoms with E-state index in [9.17, 15) is 4.39 Å². The maximum Gasteiger partial charge on any atom is 0.192 e. The third-order valence-electron chi connectivity index (χ3n) is 4.09. The lowest BCUT2D eigenvalue weighted by molar-refractivity contribution is 0.286. The lowest BCUT2D eigenvalue weighted by Crippen LogP contribution is -2.41. The number of hydrogen-bond acceptors (Lipinski definition) is 2. The van der Waals surface area contributed by atoms with Gasteiger partial charge in [0.25, 0.3) is 0 Å². The molecule has 2 aliphatic rings. The molecule has 20 heavy (non-hydrogen) atoms. The molecular weight excluding hydrogens is 324 g/mol. The van der Waals surface area contributed by atoms with E-state index in [-0.39, 0.29) is 23.6 Å². The van der Waals surface area contributed by atoms with Crippen LogP contribution in [0.2, 0.25) is 0 Å². The second-order valence-corrected chi connectivity index (χ2v) is 6.48. The van der Waals surface area contributed by atoms with E-state index >= 15 is 0 Å². The molecule has 0 radical (unpaired) electrons. The van der Waals surface area contributed by atoms with Crippen molar-refractivity contribution >= 4 is 35.6 Å². The number of benzene rings is 1. The maximum absolute atomic E-state index is 13.9. The van der Waals surface area contributed by atoms with Crippen LogP contribution in [0.25, 0.3) is 0 Å². The lowest BCUT2D eigenvalue weighted by atomic mass is 9.75. The summed E-state index contributed by atoms with van der Waals surface area (Å²) in [6.07, 6.45) is 2.07. The van der Waals surface area contributed by atoms with Gasteiger partial charge in [-0.05, 0) is 31.5 Å². The second-order valence-electron chi connectivity index (χ2n) is 5.58. The molecule has 1 aromatic rings. The van der Waals surface area contributed by atoms with Gasteiger partial charge in [0.05, 0.1) is 0 Å². The fraction of sp³-hybridized carbons (Fsp3) is 0.571. The molecule has 3 rings (SSSR count). The van der Waals surface area contributed by atoms with Crippen molar-refractivity contribution in [1.29, 1.82) is 0 Å². The van der Waals surface area contributed by atoms with Gasteiger partial charge in [-0.3, -0.25) is 0 Å². The summed E-state index contributed by atoms with van der Waals surface area (Å²) in [6, 6.07) is 2.99. The zero-order valence-corrected chi connectivity index (χ0v) is 13.4. The number of nitrogens with one attached hydrogen (secondary N) is 1. The van der Waals surface area contributed by atoms with E-state index in [1.807, 2.05) is 0 Å². The highest BCUT2D eigenvalue weighted by Gasteiger charge is 2.39. The third kappa shape index (κ3) is 2.61. The minimum absolute atomic E-state index is 0. The second kappa shape index (κ2) is 5.88. The van der Waals surface area contributed by atoms with Gasteiger partial charge >= 0.3 is 0 Å². The highest BCUT2D eigenvalue weighted by Crippen LogP contribution is 2.49. The first kappa shape index (κ1) is 16.2. The molecule has 2 nitrogen and oxygen atoms in total. The first-order valence-corrected chi connectivity index (χ1v) is 7.38. The Morgan fingerprint density at radius 3 is 2.80 bits per heavy atom. The van der Waals surface area contributed by atoms with Gasteiger partial charge in [-0.2, -0.15) is 0 Å². The molecule has 0 aromatic heterocycles. The number of fused-ring (bicyclic) bond motifs is 1. The van der Waals surface area contributed by atoms with E-state index in [0.717, 1.165) is 31.5 Å². The van der Waals surface area contributed by atoms with Gasteiger partial charge in [0.1, 0.15) is 16.9 Å². The standard InChI is InChI=1S/C14H16Cl2FNO.ClH/c1-14(3-2-4-18-7-14)10-6-8(17)5-9-11(15)13(16)19-12(9)10;/h5-6,11,13,18H,2-4,7H2,1H3;1H/t11-,13+,14?;/m0./s1. The van der Waals surface area contributed by atoms with Crippen molar-refractivity contribution in [3.8, 4) is 5.75 Å². The number of piperidine rings is 1. The van der Waals surface area contributed by atoms with Crippen molar-refractivity contribution in [2.24, 2.45) is 0 Å². The Hall–Kier alpha value is -0.220. The Morgan fingerprint density at radius 2 is 2.15 bits per heavy atom. The summed E-state index contributed by atoms with van der Waals surface area (Å²) in [4.78, 5) is 0. The van der Waals surface area contributed by atoms with Crippen LogP contribution in [-0.2, 0) is 5.41 Å². The van der Waals surface area contributed by atoms with Crippen LogP contribution in [0.4, 0.5) is 4.39 Å². The Kier molecular flexibility index (Phi) is 4.75. The molecule has 3 atom stereocenters. The van der Waals surface area contributed by atoms with E-state index in [0.29, 0.717) is 11.3 Å². The van der Waals surface area contributed by atoms with Crippen molar-refractivity contribution in [3.63, 3.8) is 0 Å². The molecule has 0 bridgehead atoms. The van der Waals surface area contributed by atoms with Crippen LogP contribution in [0.3, 0.4) is 0 Å². The predicted octanol–water partition coefficient (Wildman–Crippen LogP) is 4.13. The summed E-state index contributed by atoms with van der Waals surface area (Å²) in [6.45, 7) is 3.94. The zero-order chi connectivity index (χ0) is 13.6. The van der Waals surface area contributed by atoms with Crippen LogP contribution in [-0.4, -0.2) is 18.7 Å². The van der Waals surface area contributed by atoms with Crippen LogP contribution in [0.5, 0.6) is 5.75 Å². The minimum Gasteiger partial charge on any atom is -0.472 e. The Morgan fingerprint density at radius 1 is 1.40 bits per heavy atom. The van der Waals surface area contributed by atoms with Crippen molar-refractivity contribution < 1.29 is 9.13 Å². The fourth-order valence-corrected chi connectivity index (χ4v) is 3.44. The molecule has 0 aliphatic carbocycles. The molecule has 2 aliphatic heterocycles. The van der Waals surface area contributed by atoms with Crippen LogP contribution in [0.1, 0.15) is 36.3 Å². The first-order valence-electron chi connectivity index (χ1n) is 6.51. The number of hydrogen-bond donors (Lipinski definition) is 1. The number of rotatable bonds is 1. The fourth-order valence-electron chi connectivity index (χ4n) is 3.00. The van der Waals surface area contributed by atoms with Gasteiger partial charge in [-0.15, -0.1) is 24.0 Å². The maximum atomic E-state index is 13.9. The highest BCUT2D eigenvalue weighted by atomic mass is 35.5. The molecule has 0 saturated carbocycles. The largest absolute Gasteiger partial charge is 0.472 e. The smallest absolute Gasteiger partial charge is 0.192 e. The van der Waals surface area contributed by atoms with Gasteiger partial charge in [0.15, 0.2) is 5.56 Å². The summed E-state index contributed by atoms with van der Waals surface area (Å²) < 4.78 is 19.5. The van der Waals surface area contributed by atoms with E-state index in [1.165, 1.54) is 6.07 Å². The molecule has 112 valence electrons. The summed E-state index contributed by atoms with van der Waals surface area (Å²) in [7, 11) is 0. The summed E-state index contributed by atoms with van der Waals surface area (Å²) >= 11 is 12.2. The lowest BCUT2D eigenvalue weighted by Gasteiger charge is -2.35. The SMILES string of the molecule is CC1(c2cc(F)cc3c2O[C@@H](Cl)[C@H]3Cl)CCCNC1.Cl. The quantitative estimate of drug-likeness (QED) is 0.776. The van der Waals surface area contributed by atoms with Crippen LogP contribution < -0.4 is 10.1 Å². The van der Waals surface area contributed by atoms with Crippen molar-refractivity contribution in [1.82, 2.24) is 5.32 Å². The summed E-state index contributed by atoms with van der Waals surface area (Å²) in [5.41, 5.74) is 0.784. The van der Waals surface area contributed by atoms with Crippen molar-refractivity contribution in [3.05, 3.63) is 29.1 Å². The molecule has 1 fully saturated rings. The highest BCUT2D eigenvalue weighted by molar-refractivity contribution is 6.30. The molecule has 0 spiro atoms. The third-order valence-corrected chi connectivity index (χ3v) is 5.02. The average molecular weight is 341 g/mol. The van der Waals surface area contributed by atoms with Crippen molar-refractivity contribution in [2.75, 3.05) is 13.1 Å². The minimum atomic E-state index is -0.627. The zero-order valence-electron chi connectivity index (χ0n) is 11.1. The van der Waals surface area contributed by atoms with Gasteiger partial charge in [-0.1, -0.05) is 18.5 Å². The van der Waals surface area contributed by atoms with E-state index < -0.39 is 10.9 Å². The van der Waals surface area contributed by atoms with Crippen molar-refractivity contribution in [2.45, 2.75) is 36.1 Å². The van der Waals surface area contributed by atoms with Crippen LogP contribution in [0, 0.1) is 5.82 Å². The van der Waals surface area contributed by atoms with Gasteiger partial charge in [0.2, 0.25) is 0 Å². The molecule has 0 amide bonds. The normalized spacial score (nSPS) is 32.2. The van der Waals surface area contributed by atoms with Gasteiger partial charge in [0, 0.05) is 23.1 Å². The molecule has 6 heteroatoms. The molecule has 1 unspecified atom stereocenters. The number of alkyl halides is 2. The van der Waals surface area contributed by atoms with E-state index in [2.05, 4.69) is 12.2 Å². The van der Waals surface area contributed by atoms with Crippen LogP contribution in [0.15, 0.2) is 12.1 Å². The van der Waals surface area contributed by atoms with Gasteiger partial charge < -0.3 is 10.1 Å². The summed E-state index contributed by atoms with van der Waals surface area (Å²) in [5, 5.41) is 2.87. The van der Waals surface area contributed by atoms with E-state index in [4.69, 9.17) is 27.9 Å². The topological polar surface area (TPSA) is 21.3 Å². The average Bonchev–Trinajstić information content (AvgIpc) is 2.66. The monoisotopic (exact) mass is 339 g/mol. The Labute approximate surface area is 134 Å². The Bertz CT molecular complexity index is 505. The first-order chi connectivity index (χ1) is 9.01. The number of ether oxygens (including phenoxy) is 1. The van der Waals surface area contributed by atoms with E-state index in [1.54, 1.807) is 6.07 Å². The summed E-state index contributed by atoms with van der Waals surface area (Å²) in [5.74, 6) is 0.396. The van der Waals surface area contributed by atoms with Crippen LogP contribution >= 0.6 is 35.6 Å². The molecular formula is C14H17Cl3FNO. The molecule has 1 aromatic carbocycles. The van der Waals surface area contributed by atoms with Gasteiger partial charge in [-0.25, -0.2) is 4.39 Å². The predicted molar refractivity (Wildman–Crippen MR) is 82.0 cm³/mol. The molecule has 1 N–H and O–H groups in total. The Balaban J connectivity index is 0.00000147. The number of halogens is 4. The molecule has 2 heterocycles.